The second kappa shape index (κ2) is 8.63. The third-order valence-electron chi connectivity index (χ3n) is 2.89. The summed E-state index contributed by atoms with van der Waals surface area (Å²) >= 11 is 0. The van der Waals surface area contributed by atoms with E-state index in [1.54, 1.807) is 0 Å². The predicted octanol–water partition coefficient (Wildman–Crippen LogP) is 3.42. The summed E-state index contributed by atoms with van der Waals surface area (Å²) in [6.45, 7) is 2.79. The van der Waals surface area contributed by atoms with Gasteiger partial charge < -0.3 is 10.7 Å². The van der Waals surface area contributed by atoms with E-state index in [9.17, 15) is 8.78 Å². The molecule has 4 N–H and O–H groups in total. The molecule has 0 unspecified atom stereocenters. The van der Waals surface area contributed by atoms with Crippen LogP contribution in [0.4, 0.5) is 20.4 Å². The Morgan fingerprint density at radius 2 is 1.68 bits per heavy atom. The fourth-order valence-corrected chi connectivity index (χ4v) is 1.80. The van der Waals surface area contributed by atoms with E-state index in [0.29, 0.717) is 6.54 Å². The number of aromatic nitrogens is 1. The molecule has 1 heterocycles. The Morgan fingerprint density at radius 1 is 1.05 bits per heavy atom. The van der Waals surface area contributed by atoms with Crippen LogP contribution in [-0.4, -0.2) is 11.5 Å². The number of nitrogens with two attached hydrogens (primary N) is 1. The van der Waals surface area contributed by atoms with Gasteiger partial charge in [-0.25, -0.2) is 19.6 Å². The number of unbranched alkanes of at least 4 members (excludes halogenated alkanes) is 5. The van der Waals surface area contributed by atoms with E-state index in [1.807, 2.05) is 0 Å². The minimum absolute atomic E-state index is 0.0305. The molecule has 0 atom stereocenters. The molecule has 0 aliphatic heterocycles. The zero-order valence-electron chi connectivity index (χ0n) is 11.3. The van der Waals surface area contributed by atoms with Gasteiger partial charge in [-0.15, -0.1) is 0 Å². The smallest absolute Gasteiger partial charge is 0.178 e. The molecule has 0 spiro atoms. The Bertz CT molecular complexity index is 385. The van der Waals surface area contributed by atoms with Gasteiger partial charge in [-0.1, -0.05) is 39.0 Å². The summed E-state index contributed by atoms with van der Waals surface area (Å²) < 4.78 is 26.5. The fourth-order valence-electron chi connectivity index (χ4n) is 1.80. The highest BCUT2D eigenvalue weighted by molar-refractivity contribution is 5.46. The lowest BCUT2D eigenvalue weighted by Crippen LogP contribution is -2.13. The van der Waals surface area contributed by atoms with Crippen LogP contribution in [0.5, 0.6) is 0 Å². The molecule has 19 heavy (non-hydrogen) atoms. The van der Waals surface area contributed by atoms with Gasteiger partial charge in [-0.2, -0.15) is 0 Å². The molecule has 0 aliphatic rings. The van der Waals surface area contributed by atoms with Crippen molar-refractivity contribution in [2.75, 3.05) is 17.3 Å². The van der Waals surface area contributed by atoms with Crippen LogP contribution in [0.25, 0.3) is 0 Å². The van der Waals surface area contributed by atoms with Crippen molar-refractivity contribution in [3.05, 3.63) is 17.7 Å². The molecular formula is C13H22F2N4. The first-order valence-corrected chi connectivity index (χ1v) is 6.75. The normalized spacial score (nSPS) is 10.5. The van der Waals surface area contributed by atoms with Crippen molar-refractivity contribution in [3.63, 3.8) is 0 Å². The van der Waals surface area contributed by atoms with Crippen molar-refractivity contribution in [2.24, 2.45) is 5.84 Å². The van der Waals surface area contributed by atoms with Crippen LogP contribution < -0.4 is 16.6 Å². The van der Waals surface area contributed by atoms with Gasteiger partial charge in [-0.3, -0.25) is 0 Å². The van der Waals surface area contributed by atoms with Gasteiger partial charge in [0.1, 0.15) is 0 Å². The fraction of sp³-hybridized carbons (Fsp3) is 0.615. The summed E-state index contributed by atoms with van der Waals surface area (Å²) in [5.41, 5.74) is 2.09. The number of nitrogens with zero attached hydrogens (tertiary/aromatic N) is 1. The van der Waals surface area contributed by atoms with Crippen molar-refractivity contribution in [1.29, 1.82) is 0 Å². The Kier molecular flexibility index (Phi) is 7.10. The zero-order chi connectivity index (χ0) is 14.1. The molecule has 0 fully saturated rings. The van der Waals surface area contributed by atoms with Gasteiger partial charge >= 0.3 is 0 Å². The van der Waals surface area contributed by atoms with Gasteiger partial charge in [0, 0.05) is 12.6 Å². The first-order valence-electron chi connectivity index (χ1n) is 6.75. The number of anilines is 2. The monoisotopic (exact) mass is 272 g/mol. The number of hydrogen-bond acceptors (Lipinski definition) is 4. The summed E-state index contributed by atoms with van der Waals surface area (Å²) in [4.78, 5) is 3.74. The largest absolute Gasteiger partial charge is 0.368 e. The van der Waals surface area contributed by atoms with Crippen LogP contribution in [0.15, 0.2) is 6.07 Å². The van der Waals surface area contributed by atoms with Crippen LogP contribution in [-0.2, 0) is 0 Å². The van der Waals surface area contributed by atoms with Crippen LogP contribution in [0.1, 0.15) is 45.4 Å². The highest BCUT2D eigenvalue weighted by Gasteiger charge is 2.10. The molecule has 0 aromatic carbocycles. The lowest BCUT2D eigenvalue weighted by atomic mass is 10.1. The molecule has 0 radical (unpaired) electrons. The Hall–Kier alpha value is -1.43. The average molecular weight is 272 g/mol. The Morgan fingerprint density at radius 3 is 2.37 bits per heavy atom. The van der Waals surface area contributed by atoms with E-state index < -0.39 is 11.6 Å². The quantitative estimate of drug-likeness (QED) is 0.366. The Balaban J connectivity index is 2.33. The van der Waals surface area contributed by atoms with Gasteiger partial charge in [0.05, 0.1) is 0 Å². The molecule has 0 bridgehead atoms. The standard InChI is InChI=1S/C13H22F2N4/c1-2-3-4-5-6-7-8-17-12-10(14)9-11(15)13(18-12)19-16/h9H,2-8,16H2,1H3,(H2,17,18,19). The lowest BCUT2D eigenvalue weighted by Gasteiger charge is -2.09. The summed E-state index contributed by atoms with van der Waals surface area (Å²) in [5, 5.41) is 2.86. The van der Waals surface area contributed by atoms with E-state index in [4.69, 9.17) is 5.84 Å². The third-order valence-corrected chi connectivity index (χ3v) is 2.89. The maximum Gasteiger partial charge on any atom is 0.178 e. The molecular weight excluding hydrogens is 250 g/mol. The molecule has 1 rings (SSSR count). The minimum atomic E-state index is -0.801. The van der Waals surface area contributed by atoms with Gasteiger partial charge in [-0.05, 0) is 6.42 Å². The Labute approximate surface area is 112 Å². The number of rotatable bonds is 9. The van der Waals surface area contributed by atoms with E-state index in [2.05, 4.69) is 22.7 Å². The summed E-state index contributed by atoms with van der Waals surface area (Å²) in [6, 6.07) is 0.770. The number of nitrogen functional groups attached to an aromatic ring is 1. The van der Waals surface area contributed by atoms with Gasteiger partial charge in [0.15, 0.2) is 23.3 Å². The first kappa shape index (κ1) is 15.6. The average Bonchev–Trinajstić information content (AvgIpc) is 2.40. The molecule has 1 aromatic heterocycles. The molecule has 6 heteroatoms. The van der Waals surface area contributed by atoms with Crippen LogP contribution in [0.2, 0.25) is 0 Å². The minimum Gasteiger partial charge on any atom is -0.368 e. The van der Waals surface area contributed by atoms with Gasteiger partial charge in [0.25, 0.3) is 0 Å². The summed E-state index contributed by atoms with van der Waals surface area (Å²) in [5.74, 6) is 3.45. The highest BCUT2D eigenvalue weighted by atomic mass is 19.1. The summed E-state index contributed by atoms with van der Waals surface area (Å²) in [7, 11) is 0. The van der Waals surface area contributed by atoms with Crippen molar-refractivity contribution in [3.8, 4) is 0 Å². The second-order valence-electron chi connectivity index (χ2n) is 4.49. The topological polar surface area (TPSA) is 63.0 Å². The SMILES string of the molecule is CCCCCCCCNc1nc(NN)c(F)cc1F. The van der Waals surface area contributed by atoms with Crippen molar-refractivity contribution < 1.29 is 8.78 Å². The van der Waals surface area contributed by atoms with Crippen LogP contribution >= 0.6 is 0 Å². The zero-order valence-corrected chi connectivity index (χ0v) is 11.3. The molecule has 0 aliphatic carbocycles. The number of pyridine rings is 1. The van der Waals surface area contributed by atoms with E-state index in [-0.39, 0.29) is 11.6 Å². The van der Waals surface area contributed by atoms with Crippen molar-refractivity contribution >= 4 is 11.6 Å². The maximum atomic E-state index is 13.4. The highest BCUT2D eigenvalue weighted by Crippen LogP contribution is 2.18. The molecule has 1 aromatic rings. The second-order valence-corrected chi connectivity index (χ2v) is 4.49. The molecule has 0 saturated carbocycles. The number of hydrogen-bond donors (Lipinski definition) is 3. The molecule has 4 nitrogen and oxygen atoms in total. The number of nitrogens with one attached hydrogen (secondary N) is 2. The van der Waals surface area contributed by atoms with Crippen LogP contribution in [0, 0.1) is 11.6 Å². The predicted molar refractivity (Wildman–Crippen MR) is 73.8 cm³/mol. The number of halogens is 2. The summed E-state index contributed by atoms with van der Waals surface area (Å²) in [6.07, 6.45) is 6.93. The van der Waals surface area contributed by atoms with Crippen molar-refractivity contribution in [2.45, 2.75) is 45.4 Å². The van der Waals surface area contributed by atoms with E-state index >= 15 is 0 Å². The molecule has 0 amide bonds. The molecule has 108 valence electrons. The third kappa shape index (κ3) is 5.38. The first-order chi connectivity index (χ1) is 9.19. The maximum absolute atomic E-state index is 13.4. The van der Waals surface area contributed by atoms with E-state index in [0.717, 1.165) is 18.9 Å². The number of hydrazine groups is 1. The lowest BCUT2D eigenvalue weighted by molar-refractivity contribution is 0.576. The van der Waals surface area contributed by atoms with Crippen molar-refractivity contribution in [1.82, 2.24) is 4.98 Å². The van der Waals surface area contributed by atoms with E-state index in [1.165, 1.54) is 25.7 Å². The molecule has 0 saturated heterocycles. The van der Waals surface area contributed by atoms with Crippen LogP contribution in [0.3, 0.4) is 0 Å². The van der Waals surface area contributed by atoms with Gasteiger partial charge in [0.2, 0.25) is 0 Å².